The van der Waals surface area contributed by atoms with Gasteiger partial charge in [0.15, 0.2) is 0 Å². The lowest BCUT2D eigenvalue weighted by molar-refractivity contribution is 1.50. The van der Waals surface area contributed by atoms with Crippen molar-refractivity contribution in [1.29, 1.82) is 0 Å². The summed E-state index contributed by atoms with van der Waals surface area (Å²) in [5.41, 5.74) is 0. The van der Waals surface area contributed by atoms with Gasteiger partial charge >= 0.3 is 0 Å². The van der Waals surface area contributed by atoms with Crippen molar-refractivity contribution in [1.82, 2.24) is 0 Å². The summed E-state index contributed by atoms with van der Waals surface area (Å²) in [6.45, 7) is 4.00. The Morgan fingerprint density at radius 1 is 1.25 bits per heavy atom. The molecule has 1 aliphatic rings. The van der Waals surface area contributed by atoms with E-state index in [0.29, 0.717) is 0 Å². The summed E-state index contributed by atoms with van der Waals surface area (Å²) in [4.78, 5) is 0. The Morgan fingerprint density at radius 3 is 1.75 bits per heavy atom. The molecule has 0 atom stereocenters. The maximum atomic E-state index is 4.84. The Labute approximate surface area is 64.8 Å². The minimum absolute atomic E-state index is 1.12. The van der Waals surface area contributed by atoms with E-state index in [4.69, 9.17) is 12.2 Å². The quantitative estimate of drug-likeness (QED) is 0.508. The van der Waals surface area contributed by atoms with Crippen LogP contribution in [0.15, 0.2) is 0 Å². The van der Waals surface area contributed by atoms with E-state index >= 15 is 0 Å². The number of thioether (sulfide) groups is 2. The van der Waals surface area contributed by atoms with E-state index in [2.05, 4.69) is 0 Å². The maximum Gasteiger partial charge on any atom is 0.104 e. The topological polar surface area (TPSA) is 0 Å². The number of rotatable bonds is 0. The zero-order valence-electron chi connectivity index (χ0n) is 5.14. The minimum atomic E-state index is 1.12. The van der Waals surface area contributed by atoms with Gasteiger partial charge in [0.25, 0.3) is 0 Å². The van der Waals surface area contributed by atoms with Crippen LogP contribution in [0.2, 0.25) is 0 Å². The number of hydrogen-bond acceptors (Lipinski definition) is 3. The predicted octanol–water partition coefficient (Wildman–Crippen LogP) is 2.78. The smallest absolute Gasteiger partial charge is 0.104 e. The normalized spacial score (nSPS) is 17.5. The Balaban J connectivity index is 0.000000222. The molecule has 0 saturated carbocycles. The van der Waals surface area contributed by atoms with Crippen molar-refractivity contribution in [3.8, 4) is 0 Å². The largest absolute Gasteiger partial charge is 0.107 e. The molecule has 0 N–H and O–H groups in total. The van der Waals surface area contributed by atoms with Crippen LogP contribution in [0.1, 0.15) is 13.8 Å². The predicted molar refractivity (Wildman–Crippen MR) is 48.9 cm³/mol. The molecule has 0 aromatic rings. The van der Waals surface area contributed by atoms with Gasteiger partial charge in [-0.3, -0.25) is 0 Å². The average molecular weight is 166 g/mol. The molecule has 48 valence electrons. The third-order valence-electron chi connectivity index (χ3n) is 0.523. The van der Waals surface area contributed by atoms with Gasteiger partial charge in [0.05, 0.1) is 0 Å². The van der Waals surface area contributed by atoms with Crippen molar-refractivity contribution in [3.05, 3.63) is 0 Å². The molecule has 8 heavy (non-hydrogen) atoms. The molecule has 0 unspecified atom stereocenters. The molecule has 1 saturated heterocycles. The molecule has 0 bridgehead atoms. The van der Waals surface area contributed by atoms with Gasteiger partial charge in [-0.25, -0.2) is 0 Å². The fourth-order valence-corrected chi connectivity index (χ4v) is 2.62. The first-order valence-corrected chi connectivity index (χ1v) is 5.07. The second-order valence-corrected chi connectivity index (χ2v) is 4.34. The molecule has 1 rings (SSSR count). The minimum Gasteiger partial charge on any atom is -0.107 e. The molecule has 0 spiro atoms. The summed E-state index contributed by atoms with van der Waals surface area (Å²) in [7, 11) is 0. The van der Waals surface area contributed by atoms with Crippen LogP contribution in [-0.4, -0.2) is 15.0 Å². The van der Waals surface area contributed by atoms with Gasteiger partial charge in [-0.15, -0.1) is 23.5 Å². The highest BCUT2D eigenvalue weighted by atomic mass is 32.2. The zero-order chi connectivity index (χ0) is 6.41. The first-order valence-electron chi connectivity index (χ1n) is 2.69. The standard InChI is InChI=1S/C3H4S3.C2H6/c4-3-5-1-2-6-3;1-2/h1-2H2;1-2H3. The molecular formula is C5H10S3. The molecule has 1 aliphatic heterocycles. The molecule has 0 amide bonds. The number of thiocarbonyl (C=S) groups is 1. The molecule has 1 heterocycles. The Bertz CT molecular complexity index is 62.1. The van der Waals surface area contributed by atoms with Gasteiger partial charge < -0.3 is 0 Å². The molecule has 0 aromatic heterocycles. The summed E-state index contributed by atoms with van der Waals surface area (Å²) in [6.07, 6.45) is 0. The van der Waals surface area contributed by atoms with Gasteiger partial charge in [-0.2, -0.15) is 0 Å². The second-order valence-electron chi connectivity index (χ2n) is 0.947. The van der Waals surface area contributed by atoms with Gasteiger partial charge in [-0.1, -0.05) is 26.1 Å². The van der Waals surface area contributed by atoms with Crippen LogP contribution in [0.25, 0.3) is 0 Å². The van der Waals surface area contributed by atoms with Crippen LogP contribution in [-0.2, 0) is 0 Å². The van der Waals surface area contributed by atoms with Gasteiger partial charge in [0.2, 0.25) is 0 Å². The summed E-state index contributed by atoms with van der Waals surface area (Å²) in [5, 5.41) is 0. The lowest BCUT2D eigenvalue weighted by Crippen LogP contribution is -1.64. The highest BCUT2D eigenvalue weighted by Crippen LogP contribution is 2.25. The summed E-state index contributed by atoms with van der Waals surface area (Å²) < 4.78 is 1.12. The third kappa shape index (κ3) is 3.75. The molecular weight excluding hydrogens is 156 g/mol. The summed E-state index contributed by atoms with van der Waals surface area (Å²) in [5.74, 6) is 2.45. The Morgan fingerprint density at radius 2 is 1.62 bits per heavy atom. The highest BCUT2D eigenvalue weighted by Gasteiger charge is 2.04. The van der Waals surface area contributed by atoms with E-state index < -0.39 is 0 Å². The van der Waals surface area contributed by atoms with Crippen LogP contribution in [0.5, 0.6) is 0 Å². The van der Waals surface area contributed by atoms with Crippen LogP contribution in [0.3, 0.4) is 0 Å². The third-order valence-corrected chi connectivity index (χ3v) is 3.48. The van der Waals surface area contributed by atoms with Crippen LogP contribution in [0.4, 0.5) is 0 Å². The zero-order valence-corrected chi connectivity index (χ0v) is 7.59. The molecule has 0 aliphatic carbocycles. The van der Waals surface area contributed by atoms with Gasteiger partial charge in [0, 0.05) is 11.5 Å². The maximum absolute atomic E-state index is 4.84. The SMILES string of the molecule is CC.S=C1SCCS1. The molecule has 1 fully saturated rings. The molecule has 3 heteroatoms. The fraction of sp³-hybridized carbons (Fsp3) is 0.800. The summed E-state index contributed by atoms with van der Waals surface area (Å²) in [6, 6.07) is 0. The van der Waals surface area contributed by atoms with E-state index in [0.717, 1.165) is 3.53 Å². The Kier molecular flexibility index (Phi) is 6.50. The molecule has 0 radical (unpaired) electrons. The van der Waals surface area contributed by atoms with Crippen molar-refractivity contribution in [2.75, 3.05) is 11.5 Å². The van der Waals surface area contributed by atoms with Crippen molar-refractivity contribution in [2.45, 2.75) is 13.8 Å². The highest BCUT2D eigenvalue weighted by molar-refractivity contribution is 8.49. The van der Waals surface area contributed by atoms with E-state index in [1.165, 1.54) is 11.5 Å². The summed E-state index contributed by atoms with van der Waals surface area (Å²) >= 11 is 8.43. The first kappa shape index (κ1) is 8.79. The van der Waals surface area contributed by atoms with Crippen molar-refractivity contribution < 1.29 is 0 Å². The van der Waals surface area contributed by atoms with Gasteiger partial charge in [0.1, 0.15) is 3.53 Å². The monoisotopic (exact) mass is 166 g/mol. The first-order chi connectivity index (χ1) is 3.89. The fourth-order valence-electron chi connectivity index (χ4n) is 0.292. The molecule has 0 aromatic carbocycles. The van der Waals surface area contributed by atoms with Crippen LogP contribution < -0.4 is 0 Å². The van der Waals surface area contributed by atoms with Gasteiger partial charge in [-0.05, 0) is 0 Å². The van der Waals surface area contributed by atoms with Crippen LogP contribution in [0, 0.1) is 0 Å². The van der Waals surface area contributed by atoms with Crippen LogP contribution >= 0.6 is 35.7 Å². The second kappa shape index (κ2) is 5.92. The number of hydrogen-bond donors (Lipinski definition) is 0. The van der Waals surface area contributed by atoms with E-state index in [1.807, 2.05) is 13.8 Å². The van der Waals surface area contributed by atoms with E-state index in [1.54, 1.807) is 23.5 Å². The average Bonchev–Trinajstić information content (AvgIpc) is 2.24. The van der Waals surface area contributed by atoms with Crippen molar-refractivity contribution in [3.63, 3.8) is 0 Å². The van der Waals surface area contributed by atoms with E-state index in [-0.39, 0.29) is 0 Å². The van der Waals surface area contributed by atoms with Crippen molar-refractivity contribution >= 4 is 39.3 Å². The van der Waals surface area contributed by atoms with E-state index in [9.17, 15) is 0 Å². The lowest BCUT2D eigenvalue weighted by atomic mass is 11.0. The molecule has 0 nitrogen and oxygen atoms in total. The van der Waals surface area contributed by atoms with Crippen molar-refractivity contribution in [2.24, 2.45) is 0 Å². The lowest BCUT2D eigenvalue weighted by Gasteiger charge is -1.75. The Hall–Kier alpha value is 0.790.